The number of nitrogens with zero attached hydrogens (tertiary/aromatic N) is 4. The van der Waals surface area contributed by atoms with Crippen LogP contribution < -0.4 is 10.6 Å². The number of fused-ring (bicyclic) bond motifs is 3. The third-order valence-corrected chi connectivity index (χ3v) is 4.20. The van der Waals surface area contributed by atoms with E-state index < -0.39 is 0 Å². The number of unbranched alkanes of at least 4 members (excludes halogenated alkanes) is 1. The largest absolute Gasteiger partial charge is 0.367 e. The molecule has 3 aromatic rings. The maximum Gasteiger partial charge on any atom is 0.220 e. The van der Waals surface area contributed by atoms with Crippen LogP contribution in [-0.2, 0) is 4.79 Å². The molecule has 0 saturated heterocycles. The molecule has 2 aromatic heterocycles. The molecule has 7 heteroatoms. The lowest BCUT2D eigenvalue weighted by Crippen LogP contribution is -2.25. The quantitative estimate of drug-likeness (QED) is 0.608. The van der Waals surface area contributed by atoms with Crippen LogP contribution in [0.3, 0.4) is 0 Å². The second-order valence-electron chi connectivity index (χ2n) is 6.94. The fourth-order valence-corrected chi connectivity index (χ4v) is 2.97. The van der Waals surface area contributed by atoms with Gasteiger partial charge >= 0.3 is 0 Å². The first-order valence-electron chi connectivity index (χ1n) is 9.17. The Morgan fingerprint density at radius 3 is 2.73 bits per heavy atom. The zero-order valence-corrected chi connectivity index (χ0v) is 15.6. The van der Waals surface area contributed by atoms with Crippen molar-refractivity contribution >= 4 is 28.4 Å². The van der Waals surface area contributed by atoms with Gasteiger partial charge in [0, 0.05) is 19.5 Å². The number of aryl methyl sites for hydroxylation is 1. The molecule has 0 aliphatic heterocycles. The predicted octanol–water partition coefficient (Wildman–Crippen LogP) is 2.94. The SMILES string of the molecule is Cc1nnc2c(NCCCCNC(=O)CC(C)C)nc3ccccc3n12. The lowest BCUT2D eigenvalue weighted by Gasteiger charge is -2.10. The van der Waals surface area contributed by atoms with Crippen LogP contribution in [-0.4, -0.2) is 38.6 Å². The molecule has 0 bridgehead atoms. The normalized spacial score (nSPS) is 11.4. The van der Waals surface area contributed by atoms with E-state index in [-0.39, 0.29) is 5.91 Å². The van der Waals surface area contributed by atoms with E-state index in [4.69, 9.17) is 4.98 Å². The highest BCUT2D eigenvalue weighted by Crippen LogP contribution is 2.21. The Morgan fingerprint density at radius 1 is 1.15 bits per heavy atom. The summed E-state index contributed by atoms with van der Waals surface area (Å²) in [6.45, 7) is 7.51. The number of hydrogen-bond donors (Lipinski definition) is 2. The van der Waals surface area contributed by atoms with Crippen molar-refractivity contribution in [3.63, 3.8) is 0 Å². The van der Waals surface area contributed by atoms with Gasteiger partial charge in [0.05, 0.1) is 11.0 Å². The number of para-hydroxylation sites is 2. The standard InChI is InChI=1S/C19H26N6O/c1-13(2)12-17(26)20-10-6-7-11-21-18-19-24-23-14(3)25(19)16-9-5-4-8-15(16)22-18/h4-5,8-9,13H,6-7,10-12H2,1-3H3,(H,20,26)(H,21,22). The van der Waals surface area contributed by atoms with E-state index in [1.165, 1.54) is 0 Å². The van der Waals surface area contributed by atoms with Crippen molar-refractivity contribution in [3.8, 4) is 0 Å². The first-order valence-corrected chi connectivity index (χ1v) is 9.17. The molecule has 0 atom stereocenters. The van der Waals surface area contributed by atoms with E-state index in [0.717, 1.165) is 47.7 Å². The van der Waals surface area contributed by atoms with Gasteiger partial charge in [-0.05, 0) is 37.8 Å². The highest BCUT2D eigenvalue weighted by atomic mass is 16.1. The first kappa shape index (κ1) is 18.1. The summed E-state index contributed by atoms with van der Waals surface area (Å²) in [5, 5.41) is 14.8. The average molecular weight is 354 g/mol. The number of amides is 1. The zero-order chi connectivity index (χ0) is 18.5. The van der Waals surface area contributed by atoms with Crippen molar-refractivity contribution < 1.29 is 4.79 Å². The van der Waals surface area contributed by atoms with Gasteiger partial charge in [0.15, 0.2) is 5.82 Å². The van der Waals surface area contributed by atoms with Gasteiger partial charge in [-0.1, -0.05) is 26.0 Å². The van der Waals surface area contributed by atoms with Gasteiger partial charge in [0.2, 0.25) is 11.6 Å². The lowest BCUT2D eigenvalue weighted by atomic mass is 10.1. The molecule has 2 heterocycles. The van der Waals surface area contributed by atoms with Crippen molar-refractivity contribution in [2.45, 2.75) is 40.0 Å². The number of anilines is 1. The number of nitrogens with one attached hydrogen (secondary N) is 2. The van der Waals surface area contributed by atoms with E-state index in [1.807, 2.05) is 49.4 Å². The second-order valence-corrected chi connectivity index (χ2v) is 6.94. The van der Waals surface area contributed by atoms with Crippen LogP contribution in [0, 0.1) is 12.8 Å². The molecule has 2 N–H and O–H groups in total. The molecule has 138 valence electrons. The van der Waals surface area contributed by atoms with Gasteiger partial charge in [-0.15, -0.1) is 10.2 Å². The highest BCUT2D eigenvalue weighted by Gasteiger charge is 2.12. The molecule has 1 aromatic carbocycles. The van der Waals surface area contributed by atoms with E-state index >= 15 is 0 Å². The monoisotopic (exact) mass is 354 g/mol. The van der Waals surface area contributed by atoms with Gasteiger partial charge in [-0.3, -0.25) is 9.20 Å². The Labute approximate surface area is 153 Å². The summed E-state index contributed by atoms with van der Waals surface area (Å²) in [6, 6.07) is 7.98. The van der Waals surface area contributed by atoms with E-state index in [9.17, 15) is 4.79 Å². The summed E-state index contributed by atoms with van der Waals surface area (Å²) in [4.78, 5) is 16.3. The number of carbonyl (C=O) groups excluding carboxylic acids is 1. The lowest BCUT2D eigenvalue weighted by molar-refractivity contribution is -0.121. The topological polar surface area (TPSA) is 84.2 Å². The molecule has 0 saturated carbocycles. The average Bonchev–Trinajstić information content (AvgIpc) is 2.99. The van der Waals surface area contributed by atoms with Crippen molar-refractivity contribution in [3.05, 3.63) is 30.1 Å². The molecule has 7 nitrogen and oxygen atoms in total. The van der Waals surface area contributed by atoms with Crippen molar-refractivity contribution in [1.29, 1.82) is 0 Å². The molecule has 0 fully saturated rings. The predicted molar refractivity (Wildman–Crippen MR) is 103 cm³/mol. The molecule has 26 heavy (non-hydrogen) atoms. The maximum absolute atomic E-state index is 11.6. The number of rotatable bonds is 8. The summed E-state index contributed by atoms with van der Waals surface area (Å²) in [5.41, 5.74) is 2.65. The van der Waals surface area contributed by atoms with E-state index in [1.54, 1.807) is 0 Å². The van der Waals surface area contributed by atoms with Crippen molar-refractivity contribution in [1.82, 2.24) is 24.9 Å². The number of aromatic nitrogens is 4. The van der Waals surface area contributed by atoms with Crippen LogP contribution in [0.2, 0.25) is 0 Å². The fourth-order valence-electron chi connectivity index (χ4n) is 2.97. The van der Waals surface area contributed by atoms with Crippen molar-refractivity contribution in [2.75, 3.05) is 18.4 Å². The Balaban J connectivity index is 1.58. The molecule has 0 aliphatic carbocycles. The van der Waals surface area contributed by atoms with Crippen LogP contribution in [0.1, 0.15) is 38.9 Å². The summed E-state index contributed by atoms with van der Waals surface area (Å²) >= 11 is 0. The minimum Gasteiger partial charge on any atom is -0.367 e. The summed E-state index contributed by atoms with van der Waals surface area (Å²) in [6.07, 6.45) is 2.45. The third kappa shape index (κ3) is 4.09. The van der Waals surface area contributed by atoms with Crippen LogP contribution in [0.4, 0.5) is 5.82 Å². The summed E-state index contributed by atoms with van der Waals surface area (Å²) < 4.78 is 2.02. The minimum atomic E-state index is 0.129. The van der Waals surface area contributed by atoms with E-state index in [2.05, 4.69) is 20.8 Å². The molecule has 3 rings (SSSR count). The Kier molecular flexibility index (Phi) is 5.65. The highest BCUT2D eigenvalue weighted by molar-refractivity contribution is 5.82. The third-order valence-electron chi connectivity index (χ3n) is 4.20. The van der Waals surface area contributed by atoms with Crippen LogP contribution >= 0.6 is 0 Å². The number of hydrogen-bond acceptors (Lipinski definition) is 5. The molecule has 0 radical (unpaired) electrons. The van der Waals surface area contributed by atoms with Gasteiger partial charge < -0.3 is 10.6 Å². The Hall–Kier alpha value is -2.70. The molecular formula is C19H26N6O. The van der Waals surface area contributed by atoms with Gasteiger partial charge in [-0.25, -0.2) is 4.98 Å². The fraction of sp³-hybridized carbons (Fsp3) is 0.474. The molecule has 1 amide bonds. The smallest absolute Gasteiger partial charge is 0.220 e. The molecule has 0 spiro atoms. The summed E-state index contributed by atoms with van der Waals surface area (Å²) in [5.74, 6) is 2.11. The van der Waals surface area contributed by atoms with Gasteiger partial charge in [-0.2, -0.15) is 0 Å². The Bertz CT molecular complexity index is 902. The maximum atomic E-state index is 11.6. The second kappa shape index (κ2) is 8.12. The number of benzene rings is 1. The van der Waals surface area contributed by atoms with Gasteiger partial charge in [0.25, 0.3) is 0 Å². The van der Waals surface area contributed by atoms with E-state index in [0.29, 0.717) is 18.9 Å². The Morgan fingerprint density at radius 2 is 1.92 bits per heavy atom. The summed E-state index contributed by atoms with van der Waals surface area (Å²) in [7, 11) is 0. The zero-order valence-electron chi connectivity index (χ0n) is 15.6. The van der Waals surface area contributed by atoms with Crippen LogP contribution in [0.5, 0.6) is 0 Å². The molecule has 0 aliphatic rings. The minimum absolute atomic E-state index is 0.129. The van der Waals surface area contributed by atoms with Crippen LogP contribution in [0.15, 0.2) is 24.3 Å². The van der Waals surface area contributed by atoms with Gasteiger partial charge in [0.1, 0.15) is 5.82 Å². The van der Waals surface area contributed by atoms with Crippen LogP contribution in [0.25, 0.3) is 16.7 Å². The molecular weight excluding hydrogens is 328 g/mol. The first-order chi connectivity index (χ1) is 12.6. The molecule has 0 unspecified atom stereocenters. The number of carbonyl (C=O) groups is 1. The van der Waals surface area contributed by atoms with Crippen molar-refractivity contribution in [2.24, 2.45) is 5.92 Å².